The third-order valence-electron chi connectivity index (χ3n) is 4.06. The summed E-state index contributed by atoms with van der Waals surface area (Å²) in [5.41, 5.74) is 0.257. The molecule has 0 N–H and O–H groups in total. The van der Waals surface area contributed by atoms with Gasteiger partial charge >= 0.3 is 0 Å². The van der Waals surface area contributed by atoms with Crippen molar-refractivity contribution in [2.24, 2.45) is 0 Å². The minimum Gasteiger partial charge on any atom is -0.293 e. The van der Waals surface area contributed by atoms with Gasteiger partial charge in [0.1, 0.15) is 7.85 Å². The van der Waals surface area contributed by atoms with Gasteiger partial charge in [-0.1, -0.05) is 41.0 Å². The maximum absolute atomic E-state index is 2.74. The second-order valence-electron chi connectivity index (χ2n) is 5.94. The van der Waals surface area contributed by atoms with Crippen LogP contribution >= 0.6 is 0 Å². The molecule has 19 heavy (non-hydrogen) atoms. The van der Waals surface area contributed by atoms with Crippen LogP contribution in [0.25, 0.3) is 0 Å². The van der Waals surface area contributed by atoms with Crippen LogP contribution in [0.3, 0.4) is 0 Å². The molecule has 3 heteroatoms. The monoisotopic (exact) mass is 268 g/mol. The Balaban J connectivity index is 5.10. The van der Waals surface area contributed by atoms with Gasteiger partial charge in [0, 0.05) is 5.56 Å². The molecule has 0 fully saturated rings. The predicted octanol–water partition coefficient (Wildman–Crippen LogP) is 3.32. The molecule has 0 aromatic heterocycles. The fourth-order valence-corrected chi connectivity index (χ4v) is 3.26. The minimum absolute atomic E-state index is 0.257. The average Bonchev–Trinajstić information content (AvgIpc) is 2.38. The largest absolute Gasteiger partial charge is 0.293 e. The van der Waals surface area contributed by atoms with Gasteiger partial charge < -0.3 is 0 Å². The molecule has 0 saturated carbocycles. The molecule has 0 unspecified atom stereocenters. The summed E-state index contributed by atoms with van der Waals surface area (Å²) >= 11 is 0. The number of rotatable bonds is 12. The van der Waals surface area contributed by atoms with E-state index in [1.165, 1.54) is 64.7 Å². The van der Waals surface area contributed by atoms with Gasteiger partial charge in [-0.3, -0.25) is 9.80 Å². The van der Waals surface area contributed by atoms with Crippen LogP contribution in [0, 0.1) is 0 Å². The van der Waals surface area contributed by atoms with E-state index in [1.807, 2.05) is 0 Å². The molecule has 0 saturated heterocycles. The Hall–Kier alpha value is -0.0151. The van der Waals surface area contributed by atoms with E-state index in [4.69, 9.17) is 0 Å². The molecule has 0 aromatic rings. The van der Waals surface area contributed by atoms with Crippen LogP contribution in [0.2, 0.25) is 0 Å². The van der Waals surface area contributed by atoms with Crippen LogP contribution in [0.4, 0.5) is 0 Å². The van der Waals surface area contributed by atoms with E-state index in [0.29, 0.717) is 0 Å². The summed E-state index contributed by atoms with van der Waals surface area (Å²) in [6, 6.07) is 0. The van der Waals surface area contributed by atoms with Crippen LogP contribution in [-0.4, -0.2) is 49.4 Å². The van der Waals surface area contributed by atoms with Crippen LogP contribution in [0.5, 0.6) is 0 Å². The molecule has 0 aliphatic heterocycles. The molecule has 114 valence electrons. The number of hydrogen-bond acceptors (Lipinski definition) is 2. The zero-order chi connectivity index (χ0) is 14.7. The summed E-state index contributed by atoms with van der Waals surface area (Å²) in [6.07, 6.45) is 7.57. The van der Waals surface area contributed by atoms with E-state index in [-0.39, 0.29) is 5.56 Å². The maximum atomic E-state index is 2.74. The molecule has 0 aliphatic rings. The number of nitrogens with zero attached hydrogens (tertiary/aromatic N) is 2. The highest BCUT2D eigenvalue weighted by Gasteiger charge is 2.34. The summed E-state index contributed by atoms with van der Waals surface area (Å²) in [6.45, 7) is 16.5. The first-order chi connectivity index (χ1) is 9.10. The SMILES string of the molecule is BC(CCC)(N(CCC)CCC)N(CCC)CCC. The van der Waals surface area contributed by atoms with E-state index in [0.717, 1.165) is 0 Å². The zero-order valence-electron chi connectivity index (χ0n) is 14.5. The maximum Gasteiger partial charge on any atom is 0.147 e. The average molecular weight is 268 g/mol. The van der Waals surface area contributed by atoms with Gasteiger partial charge in [-0.25, -0.2) is 0 Å². The fraction of sp³-hybridized carbons (Fsp3) is 1.00. The normalized spacial score (nSPS) is 12.6. The molecule has 0 radical (unpaired) electrons. The Morgan fingerprint density at radius 1 is 0.632 bits per heavy atom. The van der Waals surface area contributed by atoms with Gasteiger partial charge in [0.2, 0.25) is 0 Å². The van der Waals surface area contributed by atoms with Crippen LogP contribution < -0.4 is 0 Å². The molecule has 0 aliphatic carbocycles. The first-order valence-electron chi connectivity index (χ1n) is 8.60. The highest BCUT2D eigenvalue weighted by molar-refractivity contribution is 6.14. The van der Waals surface area contributed by atoms with Crippen molar-refractivity contribution in [3.63, 3.8) is 0 Å². The quantitative estimate of drug-likeness (QED) is 0.396. The first-order valence-corrected chi connectivity index (χ1v) is 8.60. The molecular weight excluding hydrogens is 231 g/mol. The van der Waals surface area contributed by atoms with E-state index in [9.17, 15) is 0 Å². The Kier molecular flexibility index (Phi) is 10.7. The third-order valence-corrected chi connectivity index (χ3v) is 4.06. The van der Waals surface area contributed by atoms with E-state index in [2.05, 4.69) is 52.3 Å². The lowest BCUT2D eigenvalue weighted by atomic mass is 9.78. The van der Waals surface area contributed by atoms with Gasteiger partial charge in [0.25, 0.3) is 0 Å². The van der Waals surface area contributed by atoms with Crippen molar-refractivity contribution < 1.29 is 0 Å². The summed E-state index contributed by atoms with van der Waals surface area (Å²) < 4.78 is 0. The van der Waals surface area contributed by atoms with Gasteiger partial charge in [0.05, 0.1) is 0 Å². The van der Waals surface area contributed by atoms with Crippen molar-refractivity contribution in [1.82, 2.24) is 9.80 Å². The van der Waals surface area contributed by atoms with Gasteiger partial charge in [-0.2, -0.15) is 0 Å². The van der Waals surface area contributed by atoms with Crippen LogP contribution in [0.15, 0.2) is 0 Å². The molecular formula is C16H37BN2. The highest BCUT2D eigenvalue weighted by atomic mass is 15.4. The van der Waals surface area contributed by atoms with Crippen LogP contribution in [0.1, 0.15) is 73.1 Å². The summed E-state index contributed by atoms with van der Waals surface area (Å²) in [7, 11) is 2.48. The predicted molar refractivity (Wildman–Crippen MR) is 90.5 cm³/mol. The third kappa shape index (κ3) is 5.87. The number of hydrogen-bond donors (Lipinski definition) is 0. The Morgan fingerprint density at radius 2 is 0.947 bits per heavy atom. The molecule has 0 rings (SSSR count). The molecule has 0 aromatic carbocycles. The summed E-state index contributed by atoms with van der Waals surface area (Å²) in [5, 5.41) is 0. The Morgan fingerprint density at radius 3 is 1.16 bits per heavy atom. The molecule has 0 atom stereocenters. The van der Waals surface area contributed by atoms with Crippen LogP contribution in [-0.2, 0) is 0 Å². The topological polar surface area (TPSA) is 6.48 Å². The second-order valence-corrected chi connectivity index (χ2v) is 5.94. The van der Waals surface area contributed by atoms with Crippen molar-refractivity contribution in [1.29, 1.82) is 0 Å². The van der Waals surface area contributed by atoms with Gasteiger partial charge in [0.15, 0.2) is 0 Å². The highest BCUT2D eigenvalue weighted by Crippen LogP contribution is 2.24. The van der Waals surface area contributed by atoms with E-state index < -0.39 is 0 Å². The molecule has 0 amide bonds. The van der Waals surface area contributed by atoms with Crippen molar-refractivity contribution in [3.05, 3.63) is 0 Å². The van der Waals surface area contributed by atoms with Crippen molar-refractivity contribution >= 4 is 7.85 Å². The minimum atomic E-state index is 0.257. The van der Waals surface area contributed by atoms with Crippen molar-refractivity contribution in [3.8, 4) is 0 Å². The van der Waals surface area contributed by atoms with E-state index in [1.54, 1.807) is 0 Å². The molecule has 2 nitrogen and oxygen atoms in total. The lowest BCUT2D eigenvalue weighted by Crippen LogP contribution is -2.62. The van der Waals surface area contributed by atoms with Gasteiger partial charge in [-0.15, -0.1) is 0 Å². The smallest absolute Gasteiger partial charge is 0.147 e. The standard InChI is InChI=1S/C16H37BN2/c1-6-11-16(17,18(12-7-2)13-8-3)19(14-9-4)15-10-5/h6-15,17H2,1-5H3. The molecule has 0 heterocycles. The Labute approximate surface area is 123 Å². The lowest BCUT2D eigenvalue weighted by Gasteiger charge is -2.50. The molecule has 0 spiro atoms. The van der Waals surface area contributed by atoms with Crippen molar-refractivity contribution in [2.75, 3.05) is 26.2 Å². The fourth-order valence-electron chi connectivity index (χ4n) is 3.26. The van der Waals surface area contributed by atoms with E-state index >= 15 is 0 Å². The first kappa shape index (κ1) is 19.0. The Bertz CT molecular complexity index is 181. The van der Waals surface area contributed by atoms with Crippen molar-refractivity contribution in [2.45, 2.75) is 78.7 Å². The lowest BCUT2D eigenvalue weighted by molar-refractivity contribution is -0.00251. The second kappa shape index (κ2) is 10.7. The summed E-state index contributed by atoms with van der Waals surface area (Å²) in [5.74, 6) is 0. The van der Waals surface area contributed by atoms with Gasteiger partial charge in [-0.05, 0) is 58.3 Å². The summed E-state index contributed by atoms with van der Waals surface area (Å²) in [4.78, 5) is 5.48. The molecule has 0 bridgehead atoms. The zero-order valence-corrected chi connectivity index (χ0v) is 14.5.